The van der Waals surface area contributed by atoms with Crippen LogP contribution in [0.3, 0.4) is 0 Å². The van der Waals surface area contributed by atoms with Gasteiger partial charge in [0, 0.05) is 25.0 Å². The average molecular weight is 290 g/mol. The number of rotatable bonds is 8. The first-order chi connectivity index (χ1) is 10.1. The summed E-state index contributed by atoms with van der Waals surface area (Å²) in [4.78, 5) is 11.7. The molecule has 1 aliphatic rings. The Kier molecular flexibility index (Phi) is 5.62. The van der Waals surface area contributed by atoms with Gasteiger partial charge in [-0.15, -0.1) is 0 Å². The molecule has 0 aromatic heterocycles. The van der Waals surface area contributed by atoms with Crippen LogP contribution >= 0.6 is 0 Å². The van der Waals surface area contributed by atoms with Gasteiger partial charge in [-0.05, 0) is 50.3 Å². The van der Waals surface area contributed by atoms with E-state index in [9.17, 15) is 4.79 Å². The van der Waals surface area contributed by atoms with Crippen LogP contribution < -0.4 is 15.4 Å². The SMILES string of the molecule is COc1ccc(C(NCCC(=O)NC(C)C)C2CC2)cc1. The van der Waals surface area contributed by atoms with E-state index in [4.69, 9.17) is 4.74 Å². The van der Waals surface area contributed by atoms with Crippen LogP contribution in [0.25, 0.3) is 0 Å². The number of carbonyl (C=O) groups excluding carboxylic acids is 1. The van der Waals surface area contributed by atoms with Crippen molar-refractivity contribution in [3.63, 3.8) is 0 Å². The Balaban J connectivity index is 1.86. The smallest absolute Gasteiger partial charge is 0.221 e. The molecule has 1 aromatic carbocycles. The molecule has 0 spiro atoms. The third-order valence-corrected chi connectivity index (χ3v) is 3.73. The average Bonchev–Trinajstić information content (AvgIpc) is 3.27. The van der Waals surface area contributed by atoms with Crippen LogP contribution in [0.5, 0.6) is 5.75 Å². The summed E-state index contributed by atoms with van der Waals surface area (Å²) in [5.41, 5.74) is 1.28. The first-order valence-electron chi connectivity index (χ1n) is 7.77. The molecule has 21 heavy (non-hydrogen) atoms. The summed E-state index contributed by atoms with van der Waals surface area (Å²) >= 11 is 0. The molecular formula is C17H26N2O2. The summed E-state index contributed by atoms with van der Waals surface area (Å²) < 4.78 is 5.20. The Morgan fingerprint density at radius 1 is 1.29 bits per heavy atom. The van der Waals surface area contributed by atoms with Crippen LogP contribution in [-0.2, 0) is 4.79 Å². The fourth-order valence-corrected chi connectivity index (χ4v) is 2.53. The van der Waals surface area contributed by atoms with Gasteiger partial charge in [0.15, 0.2) is 0 Å². The van der Waals surface area contributed by atoms with E-state index < -0.39 is 0 Å². The highest BCUT2D eigenvalue weighted by Crippen LogP contribution is 2.41. The molecule has 2 rings (SSSR count). The van der Waals surface area contributed by atoms with Crippen molar-refractivity contribution in [2.24, 2.45) is 5.92 Å². The van der Waals surface area contributed by atoms with Gasteiger partial charge in [0.1, 0.15) is 5.75 Å². The van der Waals surface area contributed by atoms with Crippen molar-refractivity contribution in [2.75, 3.05) is 13.7 Å². The van der Waals surface area contributed by atoms with Gasteiger partial charge in [0.25, 0.3) is 0 Å². The maximum atomic E-state index is 11.7. The molecule has 1 fully saturated rings. The van der Waals surface area contributed by atoms with Crippen LogP contribution in [0, 0.1) is 5.92 Å². The Hall–Kier alpha value is -1.55. The summed E-state index contributed by atoms with van der Waals surface area (Å²) in [6.45, 7) is 4.68. The normalized spacial score (nSPS) is 15.8. The quantitative estimate of drug-likeness (QED) is 0.774. The second-order valence-electron chi connectivity index (χ2n) is 6.01. The fraction of sp³-hybridized carbons (Fsp3) is 0.588. The maximum Gasteiger partial charge on any atom is 0.221 e. The first kappa shape index (κ1) is 15.8. The molecule has 116 valence electrons. The third-order valence-electron chi connectivity index (χ3n) is 3.73. The van der Waals surface area contributed by atoms with Gasteiger partial charge in [-0.3, -0.25) is 4.79 Å². The molecule has 4 heteroatoms. The molecule has 1 unspecified atom stereocenters. The Morgan fingerprint density at radius 3 is 2.48 bits per heavy atom. The third kappa shape index (κ3) is 5.05. The number of methoxy groups -OCH3 is 1. The van der Waals surface area contributed by atoms with E-state index in [-0.39, 0.29) is 11.9 Å². The van der Waals surface area contributed by atoms with Crippen LogP contribution in [0.15, 0.2) is 24.3 Å². The van der Waals surface area contributed by atoms with E-state index in [1.54, 1.807) is 7.11 Å². The van der Waals surface area contributed by atoms with Gasteiger partial charge in [0.2, 0.25) is 5.91 Å². The van der Waals surface area contributed by atoms with E-state index in [0.717, 1.165) is 5.75 Å². The van der Waals surface area contributed by atoms with Crippen LogP contribution in [0.4, 0.5) is 0 Å². The zero-order valence-corrected chi connectivity index (χ0v) is 13.2. The van der Waals surface area contributed by atoms with Gasteiger partial charge in [0.05, 0.1) is 7.11 Å². The first-order valence-corrected chi connectivity index (χ1v) is 7.77. The molecule has 0 bridgehead atoms. The van der Waals surface area contributed by atoms with Crippen molar-refractivity contribution in [3.8, 4) is 5.75 Å². The molecule has 0 saturated heterocycles. The summed E-state index contributed by atoms with van der Waals surface area (Å²) in [5, 5.41) is 6.46. The highest BCUT2D eigenvalue weighted by Gasteiger charge is 2.31. The molecule has 0 aliphatic heterocycles. The molecule has 1 amide bonds. The summed E-state index contributed by atoms with van der Waals surface area (Å²) in [7, 11) is 1.68. The molecule has 1 aliphatic carbocycles. The van der Waals surface area contributed by atoms with Crippen LogP contribution in [0.1, 0.15) is 44.7 Å². The van der Waals surface area contributed by atoms with E-state index in [2.05, 4.69) is 22.8 Å². The van der Waals surface area contributed by atoms with Crippen LogP contribution in [0.2, 0.25) is 0 Å². The Morgan fingerprint density at radius 2 is 1.95 bits per heavy atom. The van der Waals surface area contributed by atoms with Crippen molar-refractivity contribution in [3.05, 3.63) is 29.8 Å². The second kappa shape index (κ2) is 7.46. The van der Waals surface area contributed by atoms with Crippen LogP contribution in [-0.4, -0.2) is 25.6 Å². The molecular weight excluding hydrogens is 264 g/mol. The van der Waals surface area contributed by atoms with Crippen molar-refractivity contribution in [1.82, 2.24) is 10.6 Å². The van der Waals surface area contributed by atoms with Crippen molar-refractivity contribution in [2.45, 2.75) is 45.2 Å². The molecule has 0 heterocycles. The van der Waals surface area contributed by atoms with Crippen molar-refractivity contribution < 1.29 is 9.53 Å². The molecule has 1 saturated carbocycles. The van der Waals surface area contributed by atoms with Crippen molar-refractivity contribution >= 4 is 5.91 Å². The highest BCUT2D eigenvalue weighted by molar-refractivity contribution is 5.76. The Labute approximate surface area is 127 Å². The number of benzene rings is 1. The zero-order chi connectivity index (χ0) is 15.2. The lowest BCUT2D eigenvalue weighted by atomic mass is 10.0. The maximum absolute atomic E-state index is 11.7. The van der Waals surface area contributed by atoms with E-state index >= 15 is 0 Å². The number of hydrogen-bond acceptors (Lipinski definition) is 3. The molecule has 2 N–H and O–H groups in total. The number of carbonyl (C=O) groups is 1. The van der Waals surface area contributed by atoms with E-state index in [0.29, 0.717) is 24.9 Å². The number of amides is 1. The second-order valence-corrected chi connectivity index (χ2v) is 6.01. The minimum Gasteiger partial charge on any atom is -0.497 e. The summed E-state index contributed by atoms with van der Waals surface area (Å²) in [6, 6.07) is 8.78. The van der Waals surface area contributed by atoms with Gasteiger partial charge in [-0.1, -0.05) is 12.1 Å². The number of nitrogens with one attached hydrogen (secondary N) is 2. The van der Waals surface area contributed by atoms with Gasteiger partial charge < -0.3 is 15.4 Å². The predicted octanol–water partition coefficient (Wildman–Crippen LogP) is 2.65. The molecule has 0 radical (unpaired) electrons. The van der Waals surface area contributed by atoms with Crippen molar-refractivity contribution in [1.29, 1.82) is 0 Å². The number of ether oxygens (including phenoxy) is 1. The standard InChI is InChI=1S/C17H26N2O2/c1-12(2)19-16(20)10-11-18-17(13-4-5-13)14-6-8-15(21-3)9-7-14/h6-9,12-13,17-18H,4-5,10-11H2,1-3H3,(H,19,20). The lowest BCUT2D eigenvalue weighted by molar-refractivity contribution is -0.121. The topological polar surface area (TPSA) is 50.4 Å². The van der Waals surface area contributed by atoms with E-state index in [1.807, 2.05) is 26.0 Å². The molecule has 1 aromatic rings. The predicted molar refractivity (Wildman–Crippen MR) is 84.4 cm³/mol. The lowest BCUT2D eigenvalue weighted by Gasteiger charge is -2.19. The monoisotopic (exact) mass is 290 g/mol. The number of hydrogen-bond donors (Lipinski definition) is 2. The zero-order valence-electron chi connectivity index (χ0n) is 13.2. The largest absolute Gasteiger partial charge is 0.497 e. The minimum absolute atomic E-state index is 0.113. The molecule has 4 nitrogen and oxygen atoms in total. The highest BCUT2D eigenvalue weighted by atomic mass is 16.5. The Bertz CT molecular complexity index is 452. The summed E-state index contributed by atoms with van der Waals surface area (Å²) in [6.07, 6.45) is 3.06. The lowest BCUT2D eigenvalue weighted by Crippen LogP contribution is -2.33. The minimum atomic E-state index is 0.113. The van der Waals surface area contributed by atoms with Gasteiger partial charge >= 0.3 is 0 Å². The summed E-state index contributed by atoms with van der Waals surface area (Å²) in [5.74, 6) is 1.69. The van der Waals surface area contributed by atoms with E-state index in [1.165, 1.54) is 18.4 Å². The van der Waals surface area contributed by atoms with Gasteiger partial charge in [-0.25, -0.2) is 0 Å². The van der Waals surface area contributed by atoms with Gasteiger partial charge in [-0.2, -0.15) is 0 Å². The molecule has 1 atom stereocenters. The fourth-order valence-electron chi connectivity index (χ4n) is 2.53.